The number of ketones is 1. The Morgan fingerprint density at radius 2 is 1.68 bits per heavy atom. The summed E-state index contributed by atoms with van der Waals surface area (Å²) in [5.74, 6) is -1.56. The molecule has 2 aromatic carbocycles. The number of hydrogen-bond acceptors (Lipinski definition) is 9. The highest BCUT2D eigenvalue weighted by atomic mass is 19.4. The molecule has 4 rings (SSSR count). The van der Waals surface area contributed by atoms with Gasteiger partial charge in [-0.1, -0.05) is 24.3 Å². The van der Waals surface area contributed by atoms with Gasteiger partial charge in [0.2, 0.25) is 0 Å². The lowest BCUT2D eigenvalue weighted by atomic mass is 10.0. The lowest BCUT2D eigenvalue weighted by Gasteiger charge is -2.20. The maximum atomic E-state index is 13.0. The van der Waals surface area contributed by atoms with Gasteiger partial charge in [0.05, 0.1) is 18.1 Å². The predicted octanol–water partition coefficient (Wildman–Crippen LogP) is 5.88. The fraction of sp³-hybridized carbons (Fsp3) is 0.424. The number of benzene rings is 2. The van der Waals surface area contributed by atoms with E-state index in [2.05, 4.69) is 25.5 Å². The number of aromatic nitrogens is 3. The Labute approximate surface area is 270 Å². The second-order valence-electron chi connectivity index (χ2n) is 12.2. The number of amides is 1. The maximum absolute atomic E-state index is 13.0. The van der Waals surface area contributed by atoms with Crippen molar-refractivity contribution in [2.45, 2.75) is 51.8 Å². The van der Waals surface area contributed by atoms with E-state index in [0.29, 0.717) is 52.4 Å². The van der Waals surface area contributed by atoms with Crippen LogP contribution < -0.4 is 10.6 Å². The van der Waals surface area contributed by atoms with E-state index in [1.807, 2.05) is 27.8 Å². The fourth-order valence-electron chi connectivity index (χ4n) is 4.99. The SMILES string of the molecule is COC(=O)c1ccc2c(c1)[nH]c1nc(Cc3cccc(C(=O)C(F)(F)F)c3)nc(NCCCN(C)CCCNC(=O)OC(C)(C)C)c12. The highest BCUT2D eigenvalue weighted by Gasteiger charge is 2.39. The molecule has 1 amide bonds. The van der Waals surface area contributed by atoms with Gasteiger partial charge < -0.3 is 30.0 Å². The van der Waals surface area contributed by atoms with Crippen LogP contribution in [-0.4, -0.2) is 89.8 Å². The van der Waals surface area contributed by atoms with E-state index in [0.717, 1.165) is 37.4 Å². The third kappa shape index (κ3) is 9.64. The molecule has 4 aromatic rings. The van der Waals surface area contributed by atoms with Crippen LogP contribution in [0.2, 0.25) is 0 Å². The van der Waals surface area contributed by atoms with Crippen molar-refractivity contribution in [3.63, 3.8) is 0 Å². The molecule has 2 aromatic heterocycles. The molecule has 0 unspecified atom stereocenters. The zero-order chi connectivity index (χ0) is 34.4. The molecule has 11 nitrogen and oxygen atoms in total. The monoisotopic (exact) mass is 656 g/mol. The number of aromatic amines is 1. The first-order valence-corrected chi connectivity index (χ1v) is 15.1. The lowest BCUT2D eigenvalue weighted by molar-refractivity contribution is -0.0885. The number of methoxy groups -OCH3 is 1. The van der Waals surface area contributed by atoms with Gasteiger partial charge >= 0.3 is 18.2 Å². The average Bonchev–Trinajstić information content (AvgIpc) is 3.37. The number of esters is 1. The van der Waals surface area contributed by atoms with Gasteiger partial charge in [-0.2, -0.15) is 13.2 Å². The molecule has 0 fully saturated rings. The topological polar surface area (TPSA) is 139 Å². The van der Waals surface area contributed by atoms with E-state index in [-0.39, 0.29) is 6.42 Å². The number of nitrogens with one attached hydrogen (secondary N) is 3. The molecule has 0 aliphatic carbocycles. The summed E-state index contributed by atoms with van der Waals surface area (Å²) in [4.78, 5) is 50.5. The molecule has 0 spiro atoms. The lowest BCUT2D eigenvalue weighted by Crippen LogP contribution is -2.34. The zero-order valence-corrected chi connectivity index (χ0v) is 27.0. The molecule has 0 aliphatic rings. The number of H-pyrrole nitrogens is 1. The Bertz CT molecular complexity index is 1750. The van der Waals surface area contributed by atoms with E-state index in [9.17, 15) is 27.6 Å². The number of nitrogens with zero attached hydrogens (tertiary/aromatic N) is 3. The Balaban J connectivity index is 1.48. The van der Waals surface area contributed by atoms with Crippen molar-refractivity contribution in [2.75, 3.05) is 45.7 Å². The van der Waals surface area contributed by atoms with Crippen molar-refractivity contribution in [1.29, 1.82) is 0 Å². The van der Waals surface area contributed by atoms with Crippen LogP contribution in [0.15, 0.2) is 42.5 Å². The summed E-state index contributed by atoms with van der Waals surface area (Å²) < 4.78 is 49.2. The standard InChI is InChI=1S/C33H39F3N6O5/c1-32(2,3)47-31(45)38-14-8-16-42(4)15-7-13-37-28-26-23-12-11-22(30(44)46-5)19-24(23)39-29(26)41-25(40-28)18-20-9-6-10-21(17-20)27(43)33(34,35)36/h6,9-12,17,19H,7-8,13-16,18H2,1-5H3,(H,38,45)(H2,37,39,40,41). The third-order valence-electron chi connectivity index (χ3n) is 7.12. The van der Waals surface area contributed by atoms with Crippen molar-refractivity contribution < 1.29 is 37.0 Å². The van der Waals surface area contributed by atoms with E-state index in [4.69, 9.17) is 14.5 Å². The highest BCUT2D eigenvalue weighted by Crippen LogP contribution is 2.31. The number of fused-ring (bicyclic) bond motifs is 3. The van der Waals surface area contributed by atoms with Crippen LogP contribution in [0, 0.1) is 0 Å². The Morgan fingerprint density at radius 3 is 2.36 bits per heavy atom. The maximum Gasteiger partial charge on any atom is 0.454 e. The van der Waals surface area contributed by atoms with Gasteiger partial charge in [0, 0.05) is 36.0 Å². The summed E-state index contributed by atoms with van der Waals surface area (Å²) in [6, 6.07) is 10.4. The minimum Gasteiger partial charge on any atom is -0.465 e. The molecule has 14 heteroatoms. The Kier molecular flexibility index (Phi) is 11.1. The number of ether oxygens (including phenoxy) is 2. The number of hydrogen-bond donors (Lipinski definition) is 3. The van der Waals surface area contributed by atoms with Crippen molar-refractivity contribution in [2.24, 2.45) is 0 Å². The van der Waals surface area contributed by atoms with Crippen LogP contribution >= 0.6 is 0 Å². The summed E-state index contributed by atoms with van der Waals surface area (Å²) in [6.45, 7) is 8.00. The second-order valence-corrected chi connectivity index (χ2v) is 12.2. The molecular formula is C33H39F3N6O5. The quantitative estimate of drug-likeness (QED) is 0.0915. The first kappa shape index (κ1) is 35.1. The number of alkyl carbamates (subject to hydrolysis) is 1. The second kappa shape index (κ2) is 14.8. The smallest absolute Gasteiger partial charge is 0.454 e. The molecule has 0 aliphatic heterocycles. The van der Waals surface area contributed by atoms with E-state index < -0.39 is 35.2 Å². The number of carbonyl (C=O) groups excluding carboxylic acids is 3. The van der Waals surface area contributed by atoms with Crippen molar-refractivity contribution in [3.05, 3.63) is 65.0 Å². The predicted molar refractivity (Wildman–Crippen MR) is 172 cm³/mol. The summed E-state index contributed by atoms with van der Waals surface area (Å²) in [7, 11) is 3.29. The number of Topliss-reactive ketones (excluding diaryl/α,β-unsaturated/α-hetero) is 1. The van der Waals surface area contributed by atoms with E-state index in [1.165, 1.54) is 19.2 Å². The minimum atomic E-state index is -4.98. The number of rotatable bonds is 13. The van der Waals surface area contributed by atoms with Crippen LogP contribution in [0.4, 0.5) is 23.8 Å². The molecule has 3 N–H and O–H groups in total. The van der Waals surface area contributed by atoms with Crippen LogP contribution in [-0.2, 0) is 15.9 Å². The van der Waals surface area contributed by atoms with Crippen LogP contribution in [0.25, 0.3) is 21.9 Å². The summed E-state index contributed by atoms with van der Waals surface area (Å²) in [5, 5.41) is 7.61. The van der Waals surface area contributed by atoms with Gasteiger partial charge in [0.1, 0.15) is 22.9 Å². The highest BCUT2D eigenvalue weighted by molar-refractivity contribution is 6.12. The first-order chi connectivity index (χ1) is 22.1. The Morgan fingerprint density at radius 1 is 0.957 bits per heavy atom. The molecule has 252 valence electrons. The number of carbonyl (C=O) groups is 3. The first-order valence-electron chi connectivity index (χ1n) is 15.1. The summed E-state index contributed by atoms with van der Waals surface area (Å²) >= 11 is 0. The normalized spacial score (nSPS) is 12.0. The molecule has 0 saturated carbocycles. The van der Waals surface area contributed by atoms with Crippen molar-refractivity contribution in [3.8, 4) is 0 Å². The van der Waals surface area contributed by atoms with Crippen molar-refractivity contribution >= 4 is 45.6 Å². The average molecular weight is 657 g/mol. The molecular weight excluding hydrogens is 617 g/mol. The summed E-state index contributed by atoms with van der Waals surface area (Å²) in [5.41, 5.74) is 0.897. The number of alkyl halides is 3. The van der Waals surface area contributed by atoms with E-state index in [1.54, 1.807) is 24.3 Å². The molecule has 47 heavy (non-hydrogen) atoms. The van der Waals surface area contributed by atoms with Crippen LogP contribution in [0.5, 0.6) is 0 Å². The van der Waals surface area contributed by atoms with Gasteiger partial charge in [-0.05, 0) is 77.5 Å². The zero-order valence-electron chi connectivity index (χ0n) is 27.0. The van der Waals surface area contributed by atoms with Crippen LogP contribution in [0.3, 0.4) is 0 Å². The van der Waals surface area contributed by atoms with Gasteiger partial charge in [0.15, 0.2) is 0 Å². The van der Waals surface area contributed by atoms with E-state index >= 15 is 0 Å². The number of halogens is 3. The van der Waals surface area contributed by atoms with Crippen molar-refractivity contribution in [1.82, 2.24) is 25.2 Å². The van der Waals surface area contributed by atoms with Crippen LogP contribution in [0.1, 0.15) is 65.7 Å². The molecule has 0 radical (unpaired) electrons. The van der Waals surface area contributed by atoms with Gasteiger partial charge in [0.25, 0.3) is 5.78 Å². The van der Waals surface area contributed by atoms with Gasteiger partial charge in [-0.3, -0.25) is 4.79 Å². The van der Waals surface area contributed by atoms with Gasteiger partial charge in [-0.15, -0.1) is 0 Å². The number of anilines is 1. The minimum absolute atomic E-state index is 0.0758. The molecule has 0 atom stereocenters. The molecule has 0 saturated heterocycles. The fourth-order valence-corrected chi connectivity index (χ4v) is 4.99. The Hall–Kier alpha value is -4.72. The molecule has 2 heterocycles. The summed E-state index contributed by atoms with van der Waals surface area (Å²) in [6.07, 6.45) is -3.85. The third-order valence-corrected chi connectivity index (χ3v) is 7.12. The molecule has 0 bridgehead atoms. The van der Waals surface area contributed by atoms with Gasteiger partial charge in [-0.25, -0.2) is 19.6 Å². The largest absolute Gasteiger partial charge is 0.465 e.